The summed E-state index contributed by atoms with van der Waals surface area (Å²) in [6.45, 7) is 0.783. The number of fused-ring (bicyclic) bond motifs is 2. The number of nitrogens with zero attached hydrogens (tertiary/aromatic N) is 4. The molecule has 0 aliphatic carbocycles. The summed E-state index contributed by atoms with van der Waals surface area (Å²) in [6.07, 6.45) is 0. The van der Waals surface area contributed by atoms with Crippen LogP contribution in [0.3, 0.4) is 0 Å². The number of carbonyl (C=O) groups excluding carboxylic acids is 2. The van der Waals surface area contributed by atoms with Crippen molar-refractivity contribution in [2.45, 2.75) is 19.1 Å². The molecule has 206 valence electrons. The number of anilines is 1. The molecule has 41 heavy (non-hydrogen) atoms. The third-order valence-electron chi connectivity index (χ3n) is 6.78. The molecule has 0 unspecified atom stereocenters. The first-order valence-electron chi connectivity index (χ1n) is 13.1. The first kappa shape index (κ1) is 26.0. The van der Waals surface area contributed by atoms with E-state index in [1.54, 1.807) is 42.5 Å². The van der Waals surface area contributed by atoms with Gasteiger partial charge in [0.15, 0.2) is 11.5 Å². The highest BCUT2D eigenvalue weighted by molar-refractivity contribution is 6.01. The molecule has 0 spiro atoms. The average molecular weight is 552 g/mol. The molecule has 0 saturated heterocycles. The van der Waals surface area contributed by atoms with Gasteiger partial charge in [-0.05, 0) is 47.5 Å². The summed E-state index contributed by atoms with van der Waals surface area (Å²) < 4.78 is 26.4. The monoisotopic (exact) mass is 551 g/mol. The van der Waals surface area contributed by atoms with Crippen LogP contribution < -0.4 is 19.7 Å². The molecule has 9 nitrogen and oxygen atoms in total. The number of ether oxygens (including phenoxy) is 2. The van der Waals surface area contributed by atoms with E-state index in [0.29, 0.717) is 47.0 Å². The second kappa shape index (κ2) is 11.5. The number of para-hydroxylation sites is 1. The Morgan fingerprint density at radius 2 is 1.63 bits per heavy atom. The molecule has 2 heterocycles. The number of amides is 2. The molecular formula is C31H26FN5O4. The van der Waals surface area contributed by atoms with Crippen LogP contribution >= 0.6 is 0 Å². The van der Waals surface area contributed by atoms with Gasteiger partial charge in [-0.3, -0.25) is 14.5 Å². The van der Waals surface area contributed by atoms with E-state index in [0.717, 1.165) is 5.56 Å². The lowest BCUT2D eigenvalue weighted by molar-refractivity contribution is -0.127. The lowest BCUT2D eigenvalue weighted by Gasteiger charge is -2.32. The minimum Gasteiger partial charge on any atom is -0.486 e. The average Bonchev–Trinajstić information content (AvgIpc) is 3.42. The summed E-state index contributed by atoms with van der Waals surface area (Å²) in [5.74, 6) is -0.114. The third kappa shape index (κ3) is 5.58. The van der Waals surface area contributed by atoms with Gasteiger partial charge in [0.05, 0.1) is 5.52 Å². The van der Waals surface area contributed by atoms with Crippen LogP contribution in [0.15, 0.2) is 97.1 Å². The molecule has 0 bridgehead atoms. The molecule has 2 amide bonds. The number of rotatable bonds is 8. The minimum atomic E-state index is -1.04. The van der Waals surface area contributed by atoms with Crippen molar-refractivity contribution in [3.63, 3.8) is 0 Å². The fourth-order valence-corrected chi connectivity index (χ4v) is 4.80. The van der Waals surface area contributed by atoms with Gasteiger partial charge in [-0.25, -0.2) is 9.07 Å². The second-order valence-corrected chi connectivity index (χ2v) is 9.48. The van der Waals surface area contributed by atoms with Gasteiger partial charge in [0.1, 0.15) is 37.1 Å². The Hall–Kier alpha value is -5.25. The van der Waals surface area contributed by atoms with Gasteiger partial charge < -0.3 is 14.8 Å². The van der Waals surface area contributed by atoms with Crippen LogP contribution in [0.5, 0.6) is 11.5 Å². The fourth-order valence-electron chi connectivity index (χ4n) is 4.80. The van der Waals surface area contributed by atoms with Crippen molar-refractivity contribution >= 4 is 28.5 Å². The fraction of sp³-hybridized carbons (Fsp3) is 0.161. The SMILES string of the molecule is O=C(NCc1ccc(F)cc1)[C@H](c1ccccc1)N(C(=O)Cn1nnc2ccccc21)c1ccc2c(c1)OCCO2. The smallest absolute Gasteiger partial charge is 0.249 e. The molecule has 1 N–H and O–H groups in total. The Morgan fingerprint density at radius 3 is 2.44 bits per heavy atom. The van der Waals surface area contributed by atoms with Crippen molar-refractivity contribution in [1.82, 2.24) is 20.3 Å². The Bertz CT molecular complexity index is 1690. The van der Waals surface area contributed by atoms with E-state index in [1.165, 1.54) is 21.7 Å². The zero-order chi connectivity index (χ0) is 28.2. The Balaban J connectivity index is 1.40. The summed E-state index contributed by atoms with van der Waals surface area (Å²) in [5.41, 5.74) is 3.13. The topological polar surface area (TPSA) is 98.6 Å². The maximum absolute atomic E-state index is 14.2. The largest absolute Gasteiger partial charge is 0.486 e. The molecule has 5 aromatic rings. The highest BCUT2D eigenvalue weighted by Gasteiger charge is 2.34. The van der Waals surface area contributed by atoms with E-state index in [9.17, 15) is 14.0 Å². The summed E-state index contributed by atoms with van der Waals surface area (Å²) in [7, 11) is 0. The van der Waals surface area contributed by atoms with Crippen LogP contribution in [0.2, 0.25) is 0 Å². The van der Waals surface area contributed by atoms with Gasteiger partial charge in [-0.15, -0.1) is 5.10 Å². The number of benzene rings is 4. The van der Waals surface area contributed by atoms with E-state index in [4.69, 9.17) is 9.47 Å². The quantitative estimate of drug-likeness (QED) is 0.306. The van der Waals surface area contributed by atoms with Crippen molar-refractivity contribution in [2.24, 2.45) is 0 Å². The van der Waals surface area contributed by atoms with Gasteiger partial charge in [-0.2, -0.15) is 0 Å². The number of hydrogen-bond acceptors (Lipinski definition) is 6. The van der Waals surface area contributed by atoms with Gasteiger partial charge in [0.25, 0.3) is 0 Å². The van der Waals surface area contributed by atoms with Crippen LogP contribution in [0.1, 0.15) is 17.2 Å². The number of carbonyl (C=O) groups is 2. The summed E-state index contributed by atoms with van der Waals surface area (Å²) in [4.78, 5) is 29.6. The number of nitrogens with one attached hydrogen (secondary N) is 1. The van der Waals surface area contributed by atoms with Crippen LogP contribution in [0.25, 0.3) is 11.0 Å². The first-order valence-corrected chi connectivity index (χ1v) is 13.1. The number of halogens is 1. The van der Waals surface area contributed by atoms with Crippen molar-refractivity contribution < 1.29 is 23.5 Å². The highest BCUT2D eigenvalue weighted by Crippen LogP contribution is 2.37. The van der Waals surface area contributed by atoms with E-state index in [-0.39, 0.29) is 24.8 Å². The lowest BCUT2D eigenvalue weighted by Crippen LogP contribution is -2.45. The molecular weight excluding hydrogens is 525 g/mol. The van der Waals surface area contributed by atoms with E-state index < -0.39 is 11.9 Å². The van der Waals surface area contributed by atoms with Crippen molar-refractivity contribution in [3.05, 3.63) is 114 Å². The third-order valence-corrected chi connectivity index (χ3v) is 6.78. The zero-order valence-corrected chi connectivity index (χ0v) is 21.9. The maximum Gasteiger partial charge on any atom is 0.249 e. The van der Waals surface area contributed by atoms with Gasteiger partial charge in [-0.1, -0.05) is 59.8 Å². The van der Waals surface area contributed by atoms with Crippen LogP contribution in [0.4, 0.5) is 10.1 Å². The minimum absolute atomic E-state index is 0.152. The molecule has 1 aromatic heterocycles. The zero-order valence-electron chi connectivity index (χ0n) is 21.9. The Kier molecular flexibility index (Phi) is 7.27. The Morgan fingerprint density at radius 1 is 0.902 bits per heavy atom. The standard InChI is InChI=1S/C31H26FN5O4/c32-23-12-10-21(11-13-23)19-33-31(39)30(22-6-2-1-3-7-22)37(24-14-15-27-28(18-24)41-17-16-40-27)29(38)20-36-26-9-5-4-8-25(26)34-35-36/h1-15,18,30H,16-17,19-20H2,(H,33,39)/t30-/m0/s1. The Labute approximate surface area is 235 Å². The number of hydrogen-bond donors (Lipinski definition) is 1. The van der Waals surface area contributed by atoms with Crippen LogP contribution in [-0.2, 0) is 22.7 Å². The first-order chi connectivity index (χ1) is 20.1. The predicted molar refractivity (Wildman–Crippen MR) is 150 cm³/mol. The molecule has 1 aliphatic heterocycles. The van der Waals surface area contributed by atoms with Gasteiger partial charge in [0.2, 0.25) is 11.8 Å². The van der Waals surface area contributed by atoms with Crippen LogP contribution in [0, 0.1) is 5.82 Å². The number of aromatic nitrogens is 3. The summed E-state index contributed by atoms with van der Waals surface area (Å²) >= 11 is 0. The lowest BCUT2D eigenvalue weighted by atomic mass is 10.0. The molecule has 1 aliphatic rings. The van der Waals surface area contributed by atoms with Gasteiger partial charge >= 0.3 is 0 Å². The van der Waals surface area contributed by atoms with Crippen molar-refractivity contribution in [2.75, 3.05) is 18.1 Å². The molecule has 10 heteroatoms. The molecule has 0 saturated carbocycles. The normalized spacial score (nSPS) is 13.0. The molecule has 4 aromatic carbocycles. The van der Waals surface area contributed by atoms with Crippen LogP contribution in [-0.4, -0.2) is 40.0 Å². The molecule has 0 fully saturated rings. The predicted octanol–water partition coefficient (Wildman–Crippen LogP) is 4.43. The molecule has 1 atom stereocenters. The van der Waals surface area contributed by atoms with Crippen molar-refractivity contribution in [3.8, 4) is 11.5 Å². The van der Waals surface area contributed by atoms with E-state index in [1.807, 2.05) is 42.5 Å². The second-order valence-electron chi connectivity index (χ2n) is 9.48. The van der Waals surface area contributed by atoms with Gasteiger partial charge in [0, 0.05) is 18.3 Å². The maximum atomic E-state index is 14.2. The van der Waals surface area contributed by atoms with E-state index >= 15 is 0 Å². The highest BCUT2D eigenvalue weighted by atomic mass is 19.1. The molecule has 0 radical (unpaired) electrons. The summed E-state index contributed by atoms with van der Waals surface area (Å²) in [5, 5.41) is 11.3. The summed E-state index contributed by atoms with van der Waals surface area (Å²) in [6, 6.07) is 26.4. The van der Waals surface area contributed by atoms with E-state index in [2.05, 4.69) is 15.6 Å². The molecule has 6 rings (SSSR count). The van der Waals surface area contributed by atoms with Crippen molar-refractivity contribution in [1.29, 1.82) is 0 Å².